The molecule has 0 bridgehead atoms. The van der Waals surface area contributed by atoms with Crippen LogP contribution in [0.25, 0.3) is 0 Å². The maximum absolute atomic E-state index is 11.9. The highest BCUT2D eigenvalue weighted by atomic mass is 16.5. The molecule has 0 aliphatic carbocycles. The van der Waals surface area contributed by atoms with Crippen LogP contribution in [0, 0.1) is 0 Å². The van der Waals surface area contributed by atoms with E-state index in [-0.39, 0.29) is 5.97 Å². The van der Waals surface area contributed by atoms with Crippen molar-refractivity contribution in [2.75, 3.05) is 32.8 Å². The van der Waals surface area contributed by atoms with E-state index < -0.39 is 0 Å². The number of esters is 1. The lowest BCUT2D eigenvalue weighted by Crippen LogP contribution is -2.58. The van der Waals surface area contributed by atoms with Crippen molar-refractivity contribution in [3.05, 3.63) is 24.3 Å². The van der Waals surface area contributed by atoms with E-state index in [0.29, 0.717) is 24.9 Å². The average Bonchev–Trinajstić information content (AvgIpc) is 2.38. The predicted molar refractivity (Wildman–Crippen MR) is 77.2 cm³/mol. The van der Waals surface area contributed by atoms with Crippen molar-refractivity contribution in [3.63, 3.8) is 0 Å². The molecule has 0 atom stereocenters. The molecule has 5 heteroatoms. The van der Waals surface area contributed by atoms with Crippen molar-refractivity contribution in [2.24, 2.45) is 0 Å². The van der Waals surface area contributed by atoms with E-state index in [9.17, 15) is 4.79 Å². The highest BCUT2D eigenvalue weighted by molar-refractivity contribution is 5.74. The van der Waals surface area contributed by atoms with Gasteiger partial charge in [-0.2, -0.15) is 0 Å². The summed E-state index contributed by atoms with van der Waals surface area (Å²) in [6, 6.07) is 7.57. The Hall–Kier alpha value is -1.59. The van der Waals surface area contributed by atoms with Crippen molar-refractivity contribution in [3.8, 4) is 11.5 Å². The van der Waals surface area contributed by atoms with Crippen molar-refractivity contribution < 1.29 is 14.3 Å². The van der Waals surface area contributed by atoms with Crippen LogP contribution in [0.4, 0.5) is 0 Å². The number of hydrogen-bond acceptors (Lipinski definition) is 5. The Balaban J connectivity index is 1.83. The lowest BCUT2D eigenvalue weighted by Gasteiger charge is -2.36. The maximum atomic E-state index is 11.9. The van der Waals surface area contributed by atoms with Crippen molar-refractivity contribution in [1.29, 1.82) is 0 Å². The van der Waals surface area contributed by atoms with Crippen molar-refractivity contribution in [2.45, 2.75) is 19.9 Å². The fourth-order valence-electron chi connectivity index (χ4n) is 2.13. The number of nitrogens with zero attached hydrogens (tertiary/aromatic N) is 1. The Bertz CT molecular complexity index is 429. The summed E-state index contributed by atoms with van der Waals surface area (Å²) in [7, 11) is 0. The SMILES string of the molecule is CCOc1ccc(OC(=O)CN(CC)C2CNC2)cc1. The van der Waals surface area contributed by atoms with Gasteiger partial charge in [-0.25, -0.2) is 0 Å². The molecule has 1 aliphatic heterocycles. The van der Waals surface area contributed by atoms with E-state index in [2.05, 4.69) is 17.1 Å². The molecule has 1 aromatic rings. The molecule has 0 saturated carbocycles. The van der Waals surface area contributed by atoms with Crippen LogP contribution in [-0.2, 0) is 4.79 Å². The van der Waals surface area contributed by atoms with Crippen molar-refractivity contribution in [1.82, 2.24) is 10.2 Å². The highest BCUT2D eigenvalue weighted by Gasteiger charge is 2.25. The van der Waals surface area contributed by atoms with Crippen LogP contribution >= 0.6 is 0 Å². The largest absolute Gasteiger partial charge is 0.494 e. The summed E-state index contributed by atoms with van der Waals surface area (Å²) in [5.74, 6) is 1.12. The van der Waals surface area contributed by atoms with Crippen LogP contribution in [-0.4, -0.2) is 49.7 Å². The second kappa shape index (κ2) is 7.26. The van der Waals surface area contributed by atoms with Gasteiger partial charge in [0.15, 0.2) is 0 Å². The summed E-state index contributed by atoms with van der Waals surface area (Å²) in [6.45, 7) is 7.69. The molecule has 1 heterocycles. The fourth-order valence-corrected chi connectivity index (χ4v) is 2.13. The molecule has 0 amide bonds. The Labute approximate surface area is 119 Å². The molecule has 1 fully saturated rings. The molecule has 1 saturated heterocycles. The number of nitrogens with one attached hydrogen (secondary N) is 1. The zero-order chi connectivity index (χ0) is 14.4. The molecule has 0 unspecified atom stereocenters. The topological polar surface area (TPSA) is 50.8 Å². The van der Waals surface area contributed by atoms with Gasteiger partial charge >= 0.3 is 5.97 Å². The summed E-state index contributed by atoms with van der Waals surface area (Å²) in [4.78, 5) is 14.1. The number of hydrogen-bond donors (Lipinski definition) is 1. The van der Waals surface area contributed by atoms with E-state index in [1.54, 1.807) is 24.3 Å². The van der Waals surface area contributed by atoms with Gasteiger partial charge in [-0.3, -0.25) is 9.69 Å². The van der Waals surface area contributed by atoms with Gasteiger partial charge in [0.2, 0.25) is 0 Å². The van der Waals surface area contributed by atoms with Crippen LogP contribution in [0.2, 0.25) is 0 Å². The summed E-state index contributed by atoms with van der Waals surface area (Å²) in [6.07, 6.45) is 0. The Morgan fingerprint density at radius 1 is 1.25 bits per heavy atom. The molecule has 5 nitrogen and oxygen atoms in total. The molecule has 1 aromatic carbocycles. The summed E-state index contributed by atoms with van der Waals surface area (Å²) in [5, 5.41) is 3.21. The average molecular weight is 278 g/mol. The van der Waals surface area contributed by atoms with Crippen molar-refractivity contribution >= 4 is 5.97 Å². The van der Waals surface area contributed by atoms with E-state index in [4.69, 9.17) is 9.47 Å². The Kier molecular flexibility index (Phi) is 5.38. The molecular formula is C15H22N2O3. The van der Waals surface area contributed by atoms with Gasteiger partial charge in [0.25, 0.3) is 0 Å². The molecule has 1 aliphatic rings. The molecule has 110 valence electrons. The number of benzene rings is 1. The normalized spacial score (nSPS) is 14.9. The van der Waals surface area contributed by atoms with Crippen LogP contribution in [0.5, 0.6) is 11.5 Å². The quantitative estimate of drug-likeness (QED) is 0.601. The van der Waals surface area contributed by atoms with Crippen LogP contribution in [0.3, 0.4) is 0 Å². The van der Waals surface area contributed by atoms with Gasteiger partial charge in [-0.05, 0) is 37.7 Å². The minimum Gasteiger partial charge on any atom is -0.494 e. The Morgan fingerprint density at radius 2 is 1.90 bits per heavy atom. The predicted octanol–water partition coefficient (Wildman–Crippen LogP) is 1.28. The minimum absolute atomic E-state index is 0.220. The number of likely N-dealkylation sites (N-methyl/N-ethyl adjacent to an activating group) is 1. The van der Waals surface area contributed by atoms with E-state index in [1.807, 2.05) is 6.92 Å². The minimum atomic E-state index is -0.220. The summed E-state index contributed by atoms with van der Waals surface area (Å²) >= 11 is 0. The zero-order valence-corrected chi connectivity index (χ0v) is 12.1. The Morgan fingerprint density at radius 3 is 2.40 bits per heavy atom. The zero-order valence-electron chi connectivity index (χ0n) is 12.1. The summed E-state index contributed by atoms with van der Waals surface area (Å²) < 4.78 is 10.7. The molecule has 2 rings (SSSR count). The van der Waals surface area contributed by atoms with E-state index >= 15 is 0 Å². The standard InChI is InChI=1S/C15H22N2O3/c1-3-17(12-9-16-10-12)11-15(18)20-14-7-5-13(6-8-14)19-4-2/h5-8,12,16H,3-4,9-11H2,1-2H3. The monoisotopic (exact) mass is 278 g/mol. The van der Waals surface area contributed by atoms with E-state index in [1.165, 1.54) is 0 Å². The fraction of sp³-hybridized carbons (Fsp3) is 0.533. The molecule has 0 aromatic heterocycles. The second-order valence-electron chi connectivity index (χ2n) is 4.75. The van der Waals surface area contributed by atoms with Gasteiger partial charge < -0.3 is 14.8 Å². The van der Waals surface area contributed by atoms with Gasteiger partial charge in [-0.1, -0.05) is 6.92 Å². The van der Waals surface area contributed by atoms with Gasteiger partial charge in [-0.15, -0.1) is 0 Å². The lowest BCUT2D eigenvalue weighted by atomic mass is 10.1. The first-order chi connectivity index (χ1) is 9.72. The van der Waals surface area contributed by atoms with E-state index in [0.717, 1.165) is 25.4 Å². The lowest BCUT2D eigenvalue weighted by molar-refractivity contribution is -0.136. The number of carbonyl (C=O) groups is 1. The molecular weight excluding hydrogens is 256 g/mol. The second-order valence-corrected chi connectivity index (χ2v) is 4.75. The third-order valence-corrected chi connectivity index (χ3v) is 3.38. The third-order valence-electron chi connectivity index (χ3n) is 3.38. The first-order valence-electron chi connectivity index (χ1n) is 7.11. The number of rotatable bonds is 7. The molecule has 1 N–H and O–H groups in total. The smallest absolute Gasteiger partial charge is 0.325 e. The number of carbonyl (C=O) groups excluding carboxylic acids is 1. The third kappa shape index (κ3) is 3.95. The molecule has 0 spiro atoms. The van der Waals surface area contributed by atoms with Gasteiger partial charge in [0.05, 0.1) is 13.2 Å². The maximum Gasteiger partial charge on any atom is 0.325 e. The molecule has 0 radical (unpaired) electrons. The van der Waals surface area contributed by atoms with Gasteiger partial charge in [0, 0.05) is 19.1 Å². The van der Waals surface area contributed by atoms with Gasteiger partial charge in [0.1, 0.15) is 11.5 Å². The first-order valence-corrected chi connectivity index (χ1v) is 7.11. The molecule has 20 heavy (non-hydrogen) atoms. The van der Waals surface area contributed by atoms with Crippen LogP contribution in [0.15, 0.2) is 24.3 Å². The summed E-state index contributed by atoms with van der Waals surface area (Å²) in [5.41, 5.74) is 0. The first kappa shape index (κ1) is 14.8. The highest BCUT2D eigenvalue weighted by Crippen LogP contribution is 2.17. The van der Waals surface area contributed by atoms with Crippen LogP contribution < -0.4 is 14.8 Å². The number of ether oxygens (including phenoxy) is 2. The van der Waals surface area contributed by atoms with Crippen LogP contribution in [0.1, 0.15) is 13.8 Å².